The Labute approximate surface area is 132 Å². The first kappa shape index (κ1) is 16.8. The Morgan fingerprint density at radius 3 is 2.59 bits per heavy atom. The van der Waals surface area contributed by atoms with E-state index in [-0.39, 0.29) is 5.91 Å². The van der Waals surface area contributed by atoms with E-state index in [9.17, 15) is 9.90 Å². The molecule has 0 radical (unpaired) electrons. The molecule has 0 aromatic heterocycles. The number of nitrogens with one attached hydrogen (secondary N) is 1. The fourth-order valence-electron chi connectivity index (χ4n) is 3.04. The van der Waals surface area contributed by atoms with Gasteiger partial charge in [-0.2, -0.15) is 0 Å². The van der Waals surface area contributed by atoms with Gasteiger partial charge in [0.2, 0.25) is 5.91 Å². The number of aliphatic hydroxyl groups excluding tert-OH is 1. The Kier molecular flexibility index (Phi) is 6.72. The maximum Gasteiger partial charge on any atom is 0.220 e. The molecule has 4 nitrogen and oxygen atoms in total. The lowest BCUT2D eigenvalue weighted by atomic mass is 9.85. The molecular formula is C18H27NO3. The van der Waals surface area contributed by atoms with Crippen molar-refractivity contribution in [2.75, 3.05) is 13.7 Å². The second kappa shape index (κ2) is 8.79. The zero-order valence-electron chi connectivity index (χ0n) is 13.4. The normalized spacial score (nSPS) is 17.0. The Bertz CT molecular complexity index is 452. The quantitative estimate of drug-likeness (QED) is 0.814. The standard InChI is InChI=1S/C18H27NO3/c1-22-16-10-7-14(8-11-16)9-12-18(21)19-13-17(20)15-5-3-2-4-6-15/h7-8,10-11,15,17,20H,2-6,9,12-13H2,1H3,(H,19,21)/t17-/m1/s1. The van der Waals surface area contributed by atoms with E-state index in [1.807, 2.05) is 24.3 Å². The van der Waals surface area contributed by atoms with Crippen molar-refractivity contribution < 1.29 is 14.6 Å². The third-order valence-corrected chi connectivity index (χ3v) is 4.50. The molecule has 1 atom stereocenters. The first-order valence-corrected chi connectivity index (χ1v) is 8.26. The molecule has 1 aromatic carbocycles. The summed E-state index contributed by atoms with van der Waals surface area (Å²) in [6.45, 7) is 0.381. The lowest BCUT2D eigenvalue weighted by Gasteiger charge is -2.26. The molecule has 0 bridgehead atoms. The summed E-state index contributed by atoms with van der Waals surface area (Å²) in [5.41, 5.74) is 1.11. The van der Waals surface area contributed by atoms with Gasteiger partial charge in [-0.05, 0) is 42.9 Å². The van der Waals surface area contributed by atoms with Gasteiger partial charge in [-0.15, -0.1) is 0 Å². The van der Waals surface area contributed by atoms with E-state index in [1.54, 1.807) is 7.11 Å². The average molecular weight is 305 g/mol. The number of ether oxygens (including phenoxy) is 1. The number of aryl methyl sites for hydroxylation is 1. The summed E-state index contributed by atoms with van der Waals surface area (Å²) in [6, 6.07) is 7.76. The van der Waals surface area contributed by atoms with Crippen molar-refractivity contribution in [1.29, 1.82) is 0 Å². The van der Waals surface area contributed by atoms with Crippen LogP contribution in [0.25, 0.3) is 0 Å². The third-order valence-electron chi connectivity index (χ3n) is 4.50. The molecule has 122 valence electrons. The van der Waals surface area contributed by atoms with Crippen LogP contribution in [0.15, 0.2) is 24.3 Å². The van der Waals surface area contributed by atoms with Gasteiger partial charge in [0.25, 0.3) is 0 Å². The molecule has 4 heteroatoms. The summed E-state index contributed by atoms with van der Waals surface area (Å²) in [5.74, 6) is 1.19. The number of carbonyl (C=O) groups excluding carboxylic acids is 1. The van der Waals surface area contributed by atoms with Gasteiger partial charge < -0.3 is 15.2 Å². The number of methoxy groups -OCH3 is 1. The van der Waals surface area contributed by atoms with Crippen LogP contribution >= 0.6 is 0 Å². The first-order chi connectivity index (χ1) is 10.7. The van der Waals surface area contributed by atoms with E-state index < -0.39 is 6.10 Å². The average Bonchev–Trinajstić information content (AvgIpc) is 2.59. The molecule has 1 aromatic rings. The lowest BCUT2D eigenvalue weighted by Crippen LogP contribution is -2.37. The number of carbonyl (C=O) groups is 1. The topological polar surface area (TPSA) is 58.6 Å². The summed E-state index contributed by atoms with van der Waals surface area (Å²) in [5, 5.41) is 13.0. The van der Waals surface area contributed by atoms with Gasteiger partial charge in [0, 0.05) is 13.0 Å². The minimum absolute atomic E-state index is 0.00526. The van der Waals surface area contributed by atoms with E-state index in [2.05, 4.69) is 5.32 Å². The molecule has 2 rings (SSSR count). The molecule has 0 unspecified atom stereocenters. The Morgan fingerprint density at radius 1 is 1.27 bits per heavy atom. The molecule has 1 aliphatic rings. The number of hydrogen-bond donors (Lipinski definition) is 2. The van der Waals surface area contributed by atoms with Crippen LogP contribution in [0.5, 0.6) is 5.75 Å². The van der Waals surface area contributed by atoms with E-state index >= 15 is 0 Å². The van der Waals surface area contributed by atoms with Crippen LogP contribution in [-0.4, -0.2) is 30.8 Å². The number of benzene rings is 1. The maximum absolute atomic E-state index is 11.9. The lowest BCUT2D eigenvalue weighted by molar-refractivity contribution is -0.121. The van der Waals surface area contributed by atoms with Crippen molar-refractivity contribution in [2.45, 2.75) is 51.0 Å². The Balaban J connectivity index is 1.66. The molecule has 1 saturated carbocycles. The molecule has 0 heterocycles. The fraction of sp³-hybridized carbons (Fsp3) is 0.611. The highest BCUT2D eigenvalue weighted by molar-refractivity contribution is 5.76. The largest absolute Gasteiger partial charge is 0.497 e. The monoisotopic (exact) mass is 305 g/mol. The third kappa shape index (κ3) is 5.34. The van der Waals surface area contributed by atoms with Gasteiger partial charge in [0.15, 0.2) is 0 Å². The van der Waals surface area contributed by atoms with Crippen LogP contribution in [0, 0.1) is 5.92 Å². The Hall–Kier alpha value is -1.55. The van der Waals surface area contributed by atoms with Crippen molar-refractivity contribution in [3.63, 3.8) is 0 Å². The summed E-state index contributed by atoms with van der Waals surface area (Å²) >= 11 is 0. The zero-order chi connectivity index (χ0) is 15.8. The minimum atomic E-state index is -0.398. The number of aliphatic hydroxyl groups is 1. The zero-order valence-corrected chi connectivity index (χ0v) is 13.4. The molecule has 0 aliphatic heterocycles. The molecule has 0 saturated heterocycles. The van der Waals surface area contributed by atoms with Crippen molar-refractivity contribution in [3.05, 3.63) is 29.8 Å². The van der Waals surface area contributed by atoms with E-state index in [0.717, 1.165) is 24.2 Å². The van der Waals surface area contributed by atoms with Gasteiger partial charge in [-0.1, -0.05) is 31.4 Å². The highest BCUT2D eigenvalue weighted by Crippen LogP contribution is 2.26. The highest BCUT2D eigenvalue weighted by atomic mass is 16.5. The molecule has 1 aliphatic carbocycles. The van der Waals surface area contributed by atoms with E-state index in [0.29, 0.717) is 25.3 Å². The fourth-order valence-corrected chi connectivity index (χ4v) is 3.04. The second-order valence-electron chi connectivity index (χ2n) is 6.12. The number of hydrogen-bond acceptors (Lipinski definition) is 3. The van der Waals surface area contributed by atoms with E-state index in [4.69, 9.17) is 4.74 Å². The summed E-state index contributed by atoms with van der Waals surface area (Å²) < 4.78 is 5.11. The predicted octanol–water partition coefficient (Wildman–Crippen LogP) is 2.69. The smallest absolute Gasteiger partial charge is 0.220 e. The SMILES string of the molecule is COc1ccc(CCC(=O)NC[C@@H](O)C2CCCCC2)cc1. The molecule has 1 amide bonds. The van der Waals surface area contributed by atoms with Gasteiger partial charge in [0.1, 0.15) is 5.75 Å². The Morgan fingerprint density at radius 2 is 1.95 bits per heavy atom. The van der Waals surface area contributed by atoms with Crippen LogP contribution < -0.4 is 10.1 Å². The maximum atomic E-state index is 11.9. The van der Waals surface area contributed by atoms with Crippen LogP contribution in [0.2, 0.25) is 0 Å². The van der Waals surface area contributed by atoms with Gasteiger partial charge in [-0.25, -0.2) is 0 Å². The summed E-state index contributed by atoms with van der Waals surface area (Å²) in [7, 11) is 1.64. The highest BCUT2D eigenvalue weighted by Gasteiger charge is 2.21. The predicted molar refractivity (Wildman–Crippen MR) is 86.9 cm³/mol. The van der Waals surface area contributed by atoms with E-state index in [1.165, 1.54) is 19.3 Å². The first-order valence-electron chi connectivity index (χ1n) is 8.26. The minimum Gasteiger partial charge on any atom is -0.497 e. The van der Waals surface area contributed by atoms with Gasteiger partial charge in [0.05, 0.1) is 13.2 Å². The molecule has 2 N–H and O–H groups in total. The number of rotatable bonds is 7. The van der Waals surface area contributed by atoms with Crippen LogP contribution in [0.4, 0.5) is 0 Å². The van der Waals surface area contributed by atoms with Gasteiger partial charge >= 0.3 is 0 Å². The van der Waals surface area contributed by atoms with Crippen molar-refractivity contribution >= 4 is 5.91 Å². The van der Waals surface area contributed by atoms with Crippen molar-refractivity contribution in [2.24, 2.45) is 5.92 Å². The number of amides is 1. The van der Waals surface area contributed by atoms with Crippen LogP contribution in [0.1, 0.15) is 44.1 Å². The summed E-state index contributed by atoms with van der Waals surface area (Å²) in [6.07, 6.45) is 6.60. The molecule has 1 fully saturated rings. The van der Waals surface area contributed by atoms with Gasteiger partial charge in [-0.3, -0.25) is 4.79 Å². The van der Waals surface area contributed by atoms with Crippen molar-refractivity contribution in [1.82, 2.24) is 5.32 Å². The molecular weight excluding hydrogens is 278 g/mol. The second-order valence-corrected chi connectivity index (χ2v) is 6.12. The van der Waals surface area contributed by atoms with Crippen LogP contribution in [-0.2, 0) is 11.2 Å². The molecule has 22 heavy (non-hydrogen) atoms. The molecule has 0 spiro atoms. The van der Waals surface area contributed by atoms with Crippen molar-refractivity contribution in [3.8, 4) is 5.75 Å². The van der Waals surface area contributed by atoms with Crippen LogP contribution in [0.3, 0.4) is 0 Å². The summed E-state index contributed by atoms with van der Waals surface area (Å²) in [4.78, 5) is 11.9.